The molecule has 1 rings (SSSR count). The number of ether oxygens (including phenoxy) is 1. The molecule has 0 saturated heterocycles. The molecule has 0 atom stereocenters. The maximum atomic E-state index is 12.0. The third kappa shape index (κ3) is 4.63. The van der Waals surface area contributed by atoms with Crippen molar-refractivity contribution in [1.82, 2.24) is 5.32 Å². The second-order valence-electron chi connectivity index (χ2n) is 4.87. The minimum atomic E-state index is -0.192. The van der Waals surface area contributed by atoms with Crippen molar-refractivity contribution in [3.05, 3.63) is 22.7 Å². The van der Waals surface area contributed by atoms with Gasteiger partial charge in [0.1, 0.15) is 5.75 Å². The summed E-state index contributed by atoms with van der Waals surface area (Å²) in [7, 11) is 1.50. The van der Waals surface area contributed by atoms with E-state index in [1.807, 2.05) is 0 Å². The van der Waals surface area contributed by atoms with E-state index in [-0.39, 0.29) is 5.91 Å². The highest BCUT2D eigenvalue weighted by Crippen LogP contribution is 2.28. The molecule has 0 aromatic heterocycles. The second-order valence-corrected chi connectivity index (χ2v) is 5.27. The normalized spacial score (nSPS) is 10.6. The minimum Gasteiger partial charge on any atom is -0.496 e. The van der Waals surface area contributed by atoms with Gasteiger partial charge in [-0.05, 0) is 24.8 Å². The van der Waals surface area contributed by atoms with Gasteiger partial charge in [0.15, 0.2) is 0 Å². The lowest BCUT2D eigenvalue weighted by Crippen LogP contribution is -2.25. The molecule has 0 fully saturated rings. The van der Waals surface area contributed by atoms with Crippen LogP contribution in [-0.4, -0.2) is 19.6 Å². The summed E-state index contributed by atoms with van der Waals surface area (Å²) in [5, 5.41) is 3.21. The quantitative estimate of drug-likeness (QED) is 0.623. The van der Waals surface area contributed by atoms with Crippen molar-refractivity contribution in [1.29, 1.82) is 0 Å². The number of carbonyl (C=O) groups excluding carboxylic acids is 1. The van der Waals surface area contributed by atoms with Gasteiger partial charge in [0.25, 0.3) is 5.91 Å². The third-order valence-corrected chi connectivity index (χ3v) is 3.13. The number of amides is 1. The minimum absolute atomic E-state index is 0.192. The highest BCUT2D eigenvalue weighted by atomic mass is 35.5. The number of rotatable bonds is 6. The van der Waals surface area contributed by atoms with Crippen LogP contribution in [0, 0.1) is 5.92 Å². The Kier molecular flexibility index (Phi) is 5.96. The summed E-state index contributed by atoms with van der Waals surface area (Å²) in [5.74, 6) is 0.878. The van der Waals surface area contributed by atoms with Crippen LogP contribution in [0.15, 0.2) is 12.1 Å². The summed E-state index contributed by atoms with van der Waals surface area (Å²) in [6.07, 6.45) is 2.04. The molecule has 0 heterocycles. The molecule has 1 aromatic rings. The summed E-state index contributed by atoms with van der Waals surface area (Å²) >= 11 is 5.93. The van der Waals surface area contributed by atoms with E-state index in [0.29, 0.717) is 34.5 Å². The van der Waals surface area contributed by atoms with E-state index in [4.69, 9.17) is 22.1 Å². The van der Waals surface area contributed by atoms with E-state index in [1.165, 1.54) is 13.2 Å². The maximum absolute atomic E-state index is 12.0. The fourth-order valence-electron chi connectivity index (χ4n) is 1.72. The number of hydrogen-bond donors (Lipinski definition) is 2. The number of anilines is 1. The summed E-state index contributed by atoms with van der Waals surface area (Å²) in [5.41, 5.74) is 6.48. The molecule has 0 aliphatic carbocycles. The predicted octanol–water partition coefficient (Wildman–Crippen LogP) is 3.10. The second kappa shape index (κ2) is 7.24. The molecule has 0 unspecified atom stereocenters. The average molecular weight is 285 g/mol. The van der Waals surface area contributed by atoms with Crippen LogP contribution in [0.4, 0.5) is 5.69 Å². The number of benzene rings is 1. The SMILES string of the molecule is COc1cc(N)c(Cl)cc1C(=O)NCCCC(C)C. The molecule has 3 N–H and O–H groups in total. The highest BCUT2D eigenvalue weighted by Gasteiger charge is 2.14. The van der Waals surface area contributed by atoms with Gasteiger partial charge < -0.3 is 15.8 Å². The molecule has 5 heteroatoms. The Morgan fingerprint density at radius 3 is 2.74 bits per heavy atom. The van der Waals surface area contributed by atoms with Crippen molar-refractivity contribution in [2.24, 2.45) is 5.92 Å². The molecule has 0 bridgehead atoms. The molecule has 0 radical (unpaired) electrons. The lowest BCUT2D eigenvalue weighted by Gasteiger charge is -2.11. The Morgan fingerprint density at radius 2 is 2.16 bits per heavy atom. The van der Waals surface area contributed by atoms with E-state index in [0.717, 1.165) is 12.8 Å². The lowest BCUT2D eigenvalue weighted by molar-refractivity contribution is 0.0949. The van der Waals surface area contributed by atoms with Gasteiger partial charge in [0, 0.05) is 12.6 Å². The Hall–Kier alpha value is -1.42. The molecule has 4 nitrogen and oxygen atoms in total. The van der Waals surface area contributed by atoms with Crippen LogP contribution in [0.25, 0.3) is 0 Å². The Labute approximate surface area is 119 Å². The van der Waals surface area contributed by atoms with Crippen LogP contribution in [0.3, 0.4) is 0 Å². The first-order valence-electron chi connectivity index (χ1n) is 6.37. The van der Waals surface area contributed by atoms with E-state index in [1.54, 1.807) is 6.07 Å². The van der Waals surface area contributed by atoms with Gasteiger partial charge in [-0.3, -0.25) is 4.79 Å². The summed E-state index contributed by atoms with van der Waals surface area (Å²) in [6.45, 7) is 4.96. The number of halogens is 1. The Balaban J connectivity index is 2.68. The van der Waals surface area contributed by atoms with Gasteiger partial charge in [-0.1, -0.05) is 25.4 Å². The van der Waals surface area contributed by atoms with Gasteiger partial charge in [-0.15, -0.1) is 0 Å². The van der Waals surface area contributed by atoms with Crippen molar-refractivity contribution in [3.63, 3.8) is 0 Å². The number of nitrogens with one attached hydrogen (secondary N) is 1. The standard InChI is InChI=1S/C14H21ClN2O2/c1-9(2)5-4-6-17-14(18)10-7-11(15)12(16)8-13(10)19-3/h7-9H,4-6,16H2,1-3H3,(H,17,18). The molecule has 106 valence electrons. The van der Waals surface area contributed by atoms with Gasteiger partial charge >= 0.3 is 0 Å². The zero-order valence-corrected chi connectivity index (χ0v) is 12.4. The fraction of sp³-hybridized carbons (Fsp3) is 0.500. The van der Waals surface area contributed by atoms with Crippen molar-refractivity contribution in [2.45, 2.75) is 26.7 Å². The van der Waals surface area contributed by atoms with Gasteiger partial charge in [-0.2, -0.15) is 0 Å². The van der Waals surface area contributed by atoms with Crippen LogP contribution in [0.2, 0.25) is 5.02 Å². The first-order valence-corrected chi connectivity index (χ1v) is 6.74. The zero-order chi connectivity index (χ0) is 14.4. The maximum Gasteiger partial charge on any atom is 0.255 e. The Morgan fingerprint density at radius 1 is 1.47 bits per heavy atom. The first kappa shape index (κ1) is 15.6. The van der Waals surface area contributed by atoms with Gasteiger partial charge in [-0.25, -0.2) is 0 Å². The molecule has 0 aliphatic rings. The number of nitrogens with two attached hydrogens (primary N) is 1. The molecule has 0 aliphatic heterocycles. The Bertz CT molecular complexity index is 447. The summed E-state index contributed by atoms with van der Waals surface area (Å²) < 4.78 is 5.15. The number of methoxy groups -OCH3 is 1. The smallest absolute Gasteiger partial charge is 0.255 e. The van der Waals surface area contributed by atoms with Crippen LogP contribution >= 0.6 is 11.6 Å². The van der Waals surface area contributed by atoms with Gasteiger partial charge in [0.05, 0.1) is 23.4 Å². The average Bonchev–Trinajstić information content (AvgIpc) is 2.36. The summed E-state index contributed by atoms with van der Waals surface area (Å²) in [6, 6.07) is 3.10. The van der Waals surface area contributed by atoms with E-state index in [2.05, 4.69) is 19.2 Å². The fourth-order valence-corrected chi connectivity index (χ4v) is 1.89. The predicted molar refractivity (Wildman–Crippen MR) is 78.8 cm³/mol. The van der Waals surface area contributed by atoms with Crippen LogP contribution in [0.5, 0.6) is 5.75 Å². The molecule has 1 amide bonds. The monoisotopic (exact) mass is 284 g/mol. The van der Waals surface area contributed by atoms with Crippen molar-refractivity contribution in [3.8, 4) is 5.75 Å². The largest absolute Gasteiger partial charge is 0.496 e. The van der Waals surface area contributed by atoms with E-state index < -0.39 is 0 Å². The topological polar surface area (TPSA) is 64.3 Å². The number of hydrogen-bond acceptors (Lipinski definition) is 3. The molecule has 19 heavy (non-hydrogen) atoms. The van der Waals surface area contributed by atoms with Crippen LogP contribution in [0.1, 0.15) is 37.0 Å². The highest BCUT2D eigenvalue weighted by molar-refractivity contribution is 6.33. The van der Waals surface area contributed by atoms with Crippen molar-refractivity contribution < 1.29 is 9.53 Å². The molecule has 1 aromatic carbocycles. The lowest BCUT2D eigenvalue weighted by atomic mass is 10.1. The molecular formula is C14H21ClN2O2. The number of carbonyl (C=O) groups is 1. The summed E-state index contributed by atoms with van der Waals surface area (Å²) in [4.78, 5) is 12.0. The van der Waals surface area contributed by atoms with Crippen molar-refractivity contribution in [2.75, 3.05) is 19.4 Å². The van der Waals surface area contributed by atoms with Crippen molar-refractivity contribution >= 4 is 23.2 Å². The third-order valence-electron chi connectivity index (χ3n) is 2.81. The van der Waals surface area contributed by atoms with Crippen LogP contribution in [-0.2, 0) is 0 Å². The van der Waals surface area contributed by atoms with E-state index in [9.17, 15) is 4.79 Å². The van der Waals surface area contributed by atoms with Crippen LogP contribution < -0.4 is 15.8 Å². The number of nitrogen functional groups attached to an aromatic ring is 1. The molecule has 0 saturated carbocycles. The zero-order valence-electron chi connectivity index (χ0n) is 11.6. The molecule has 0 spiro atoms. The molecular weight excluding hydrogens is 264 g/mol. The first-order chi connectivity index (χ1) is 8.95. The van der Waals surface area contributed by atoms with E-state index >= 15 is 0 Å². The van der Waals surface area contributed by atoms with Gasteiger partial charge in [0.2, 0.25) is 0 Å².